The van der Waals surface area contributed by atoms with E-state index in [4.69, 9.17) is 4.74 Å². The lowest BCUT2D eigenvalue weighted by atomic mass is 10.2. The van der Waals surface area contributed by atoms with Crippen LogP contribution in [0, 0.1) is 6.92 Å². The van der Waals surface area contributed by atoms with Gasteiger partial charge in [-0.2, -0.15) is 10.1 Å². The fourth-order valence-corrected chi connectivity index (χ4v) is 4.38. The second-order valence-electron chi connectivity index (χ2n) is 8.24. The molecule has 3 heterocycles. The van der Waals surface area contributed by atoms with E-state index in [9.17, 15) is 4.79 Å². The average Bonchev–Trinajstić information content (AvgIpc) is 3.55. The average molecular weight is 512 g/mol. The molecule has 0 unspecified atom stereocenters. The van der Waals surface area contributed by atoms with Gasteiger partial charge in [0, 0.05) is 35.9 Å². The van der Waals surface area contributed by atoms with E-state index >= 15 is 0 Å². The van der Waals surface area contributed by atoms with Crippen LogP contribution in [0.5, 0.6) is 5.75 Å². The number of rotatable bonds is 8. The predicted octanol–water partition coefficient (Wildman–Crippen LogP) is 6.00. The number of benzene rings is 2. The van der Waals surface area contributed by atoms with Crippen molar-refractivity contribution >= 4 is 46.1 Å². The second kappa shape index (κ2) is 10.5. The van der Waals surface area contributed by atoms with Crippen molar-refractivity contribution in [3.8, 4) is 16.3 Å². The summed E-state index contributed by atoms with van der Waals surface area (Å²) in [7, 11) is 3.40. The van der Waals surface area contributed by atoms with Crippen LogP contribution >= 0.6 is 11.3 Å². The number of carbonyl (C=O) groups excluding carboxylic acids is 1. The van der Waals surface area contributed by atoms with Crippen LogP contribution in [0.25, 0.3) is 10.6 Å². The highest BCUT2D eigenvalue weighted by Crippen LogP contribution is 2.25. The Balaban J connectivity index is 1.24. The first-order chi connectivity index (χ1) is 18.0. The van der Waals surface area contributed by atoms with Crippen molar-refractivity contribution in [1.82, 2.24) is 19.7 Å². The molecule has 186 valence electrons. The topological polar surface area (TPSA) is 106 Å². The van der Waals surface area contributed by atoms with E-state index in [1.807, 2.05) is 79.0 Å². The van der Waals surface area contributed by atoms with Crippen molar-refractivity contribution in [2.75, 3.05) is 23.1 Å². The Morgan fingerprint density at radius 1 is 0.919 bits per heavy atom. The van der Waals surface area contributed by atoms with Gasteiger partial charge in [-0.1, -0.05) is 6.07 Å². The normalized spacial score (nSPS) is 10.7. The number of thiophene rings is 1. The van der Waals surface area contributed by atoms with Gasteiger partial charge >= 0.3 is 0 Å². The second-order valence-corrected chi connectivity index (χ2v) is 9.19. The molecule has 0 saturated carbocycles. The molecular formula is C27H25N7O2S. The number of nitrogens with zero attached hydrogens (tertiary/aromatic N) is 4. The zero-order valence-electron chi connectivity index (χ0n) is 20.5. The van der Waals surface area contributed by atoms with Crippen LogP contribution in [0.4, 0.5) is 28.8 Å². The van der Waals surface area contributed by atoms with Gasteiger partial charge in [0.15, 0.2) is 0 Å². The molecule has 3 N–H and O–H groups in total. The van der Waals surface area contributed by atoms with E-state index < -0.39 is 0 Å². The minimum absolute atomic E-state index is 0.227. The molecule has 2 aromatic carbocycles. The number of aromatic nitrogens is 4. The molecule has 0 bridgehead atoms. The van der Waals surface area contributed by atoms with Crippen LogP contribution in [-0.2, 0) is 7.05 Å². The Labute approximate surface area is 218 Å². The molecule has 0 aliphatic rings. The Morgan fingerprint density at radius 2 is 1.62 bits per heavy atom. The van der Waals surface area contributed by atoms with Crippen molar-refractivity contribution in [3.63, 3.8) is 0 Å². The smallest absolute Gasteiger partial charge is 0.273 e. The molecule has 0 aliphatic carbocycles. The van der Waals surface area contributed by atoms with Gasteiger partial charge in [0.05, 0.1) is 12.0 Å². The molecule has 0 radical (unpaired) electrons. The third-order valence-corrected chi connectivity index (χ3v) is 6.39. The van der Waals surface area contributed by atoms with E-state index in [1.54, 1.807) is 36.2 Å². The lowest BCUT2D eigenvalue weighted by Crippen LogP contribution is -2.16. The van der Waals surface area contributed by atoms with Gasteiger partial charge in [-0.05, 0) is 73.0 Å². The molecule has 10 heteroatoms. The number of hydrogen-bond donors (Lipinski definition) is 3. The monoisotopic (exact) mass is 511 g/mol. The van der Waals surface area contributed by atoms with Gasteiger partial charge in [0.2, 0.25) is 5.95 Å². The van der Waals surface area contributed by atoms with Crippen LogP contribution in [0.15, 0.2) is 78.2 Å². The predicted molar refractivity (Wildman–Crippen MR) is 147 cm³/mol. The molecule has 1 amide bonds. The summed E-state index contributed by atoms with van der Waals surface area (Å²) in [6.07, 6.45) is 0. The summed E-state index contributed by atoms with van der Waals surface area (Å²) in [6, 6.07) is 22.6. The lowest BCUT2D eigenvalue weighted by Gasteiger charge is -2.11. The lowest BCUT2D eigenvalue weighted by molar-refractivity contribution is 0.101. The van der Waals surface area contributed by atoms with Gasteiger partial charge < -0.3 is 20.7 Å². The third kappa shape index (κ3) is 5.76. The fraction of sp³-hybridized carbons (Fsp3) is 0.111. The van der Waals surface area contributed by atoms with Gasteiger partial charge in [0.1, 0.15) is 23.0 Å². The number of hydrogen-bond acceptors (Lipinski definition) is 8. The van der Waals surface area contributed by atoms with Gasteiger partial charge in [-0.25, -0.2) is 4.98 Å². The standard InChI is InChI=1S/C27H25N7O2S/c1-17-15-25(29-18-10-12-21(36-3)13-11-18)32-27(28-17)31-20-8-6-19(7-9-20)30-26(35)23-16-22(33-34(23)2)24-5-4-14-37-24/h4-16H,1-3H3,(H,30,35)(H2,28,29,31,32). The first-order valence-electron chi connectivity index (χ1n) is 11.5. The van der Waals surface area contributed by atoms with Gasteiger partial charge in [-0.15, -0.1) is 11.3 Å². The summed E-state index contributed by atoms with van der Waals surface area (Å²) in [5, 5.41) is 15.9. The Hall–Kier alpha value is -4.70. The summed E-state index contributed by atoms with van der Waals surface area (Å²) in [5.74, 6) is 1.69. The number of amides is 1. The Kier molecular flexibility index (Phi) is 6.82. The van der Waals surface area contributed by atoms with Crippen LogP contribution in [0.1, 0.15) is 16.2 Å². The molecule has 0 aliphatic heterocycles. The van der Waals surface area contributed by atoms with Crippen LogP contribution < -0.4 is 20.7 Å². The highest BCUT2D eigenvalue weighted by molar-refractivity contribution is 7.13. The van der Waals surface area contributed by atoms with Crippen LogP contribution in [-0.4, -0.2) is 32.8 Å². The highest BCUT2D eigenvalue weighted by atomic mass is 32.1. The number of carbonyl (C=O) groups is 1. The first-order valence-corrected chi connectivity index (χ1v) is 12.4. The summed E-state index contributed by atoms with van der Waals surface area (Å²) in [6.45, 7) is 1.91. The van der Waals surface area contributed by atoms with E-state index in [0.717, 1.165) is 33.4 Å². The zero-order valence-corrected chi connectivity index (χ0v) is 21.3. The summed E-state index contributed by atoms with van der Waals surface area (Å²) in [4.78, 5) is 22.9. The molecule has 0 atom stereocenters. The summed E-state index contributed by atoms with van der Waals surface area (Å²) < 4.78 is 6.80. The first kappa shape index (κ1) is 24.0. The van der Waals surface area contributed by atoms with E-state index in [-0.39, 0.29) is 5.91 Å². The van der Waals surface area contributed by atoms with E-state index in [0.29, 0.717) is 23.1 Å². The van der Waals surface area contributed by atoms with Crippen molar-refractivity contribution < 1.29 is 9.53 Å². The highest BCUT2D eigenvalue weighted by Gasteiger charge is 2.15. The van der Waals surface area contributed by atoms with Crippen molar-refractivity contribution in [2.45, 2.75) is 6.92 Å². The summed E-state index contributed by atoms with van der Waals surface area (Å²) >= 11 is 1.59. The maximum atomic E-state index is 12.8. The molecule has 3 aromatic heterocycles. The molecule has 5 aromatic rings. The zero-order chi connectivity index (χ0) is 25.8. The van der Waals surface area contributed by atoms with E-state index in [2.05, 4.69) is 31.0 Å². The summed E-state index contributed by atoms with van der Waals surface area (Å²) in [5.41, 5.74) is 4.43. The number of nitrogens with one attached hydrogen (secondary N) is 3. The number of methoxy groups -OCH3 is 1. The largest absolute Gasteiger partial charge is 0.497 e. The SMILES string of the molecule is COc1ccc(Nc2cc(C)nc(Nc3ccc(NC(=O)c4cc(-c5cccs5)nn4C)cc3)n2)cc1. The van der Waals surface area contributed by atoms with Crippen molar-refractivity contribution in [2.24, 2.45) is 7.05 Å². The van der Waals surface area contributed by atoms with Gasteiger partial charge in [0.25, 0.3) is 5.91 Å². The van der Waals surface area contributed by atoms with Crippen LogP contribution in [0.3, 0.4) is 0 Å². The molecule has 0 saturated heterocycles. The maximum Gasteiger partial charge on any atom is 0.273 e. The molecule has 0 spiro atoms. The fourth-order valence-electron chi connectivity index (χ4n) is 3.70. The van der Waals surface area contributed by atoms with E-state index in [1.165, 1.54) is 0 Å². The minimum Gasteiger partial charge on any atom is -0.497 e. The van der Waals surface area contributed by atoms with Crippen molar-refractivity contribution in [3.05, 3.63) is 89.6 Å². The molecule has 0 fully saturated rings. The molecular weight excluding hydrogens is 486 g/mol. The molecule has 9 nitrogen and oxygen atoms in total. The number of aryl methyl sites for hydroxylation is 2. The van der Waals surface area contributed by atoms with Crippen molar-refractivity contribution in [1.29, 1.82) is 0 Å². The molecule has 37 heavy (non-hydrogen) atoms. The minimum atomic E-state index is -0.227. The third-order valence-electron chi connectivity index (χ3n) is 5.50. The maximum absolute atomic E-state index is 12.8. The Bertz CT molecular complexity index is 1510. The Morgan fingerprint density at radius 3 is 2.32 bits per heavy atom. The number of anilines is 5. The number of ether oxygens (including phenoxy) is 1. The van der Waals surface area contributed by atoms with Crippen LogP contribution in [0.2, 0.25) is 0 Å². The quantitative estimate of drug-likeness (QED) is 0.235. The molecule has 5 rings (SSSR count). The van der Waals surface area contributed by atoms with Gasteiger partial charge in [-0.3, -0.25) is 9.48 Å².